The van der Waals surface area contributed by atoms with Crippen LogP contribution >= 0.6 is 0 Å². The van der Waals surface area contributed by atoms with E-state index in [4.69, 9.17) is 20.4 Å². The summed E-state index contributed by atoms with van der Waals surface area (Å²) in [5, 5.41) is 35.6. The third-order valence-corrected chi connectivity index (χ3v) is 4.60. The molecular formula is C21H26N4O7. The molecule has 0 aliphatic carbocycles. The highest BCUT2D eigenvalue weighted by molar-refractivity contribution is 6.02. The van der Waals surface area contributed by atoms with Crippen LogP contribution in [0, 0.1) is 0 Å². The van der Waals surface area contributed by atoms with Crippen molar-refractivity contribution in [3.05, 3.63) is 59.9 Å². The van der Waals surface area contributed by atoms with Gasteiger partial charge in [0, 0.05) is 19.3 Å². The molecule has 0 bridgehead atoms. The number of carboxylic acids is 2. The van der Waals surface area contributed by atoms with Gasteiger partial charge < -0.3 is 35.5 Å². The minimum absolute atomic E-state index is 0.0487. The zero-order valence-electron chi connectivity index (χ0n) is 17.6. The Bertz CT molecular complexity index is 921. The van der Waals surface area contributed by atoms with Crippen molar-refractivity contribution >= 4 is 23.5 Å². The predicted octanol–water partition coefficient (Wildman–Crippen LogP) is -0.231. The van der Waals surface area contributed by atoms with E-state index in [9.17, 15) is 14.4 Å². The molecule has 3 atom stereocenters. The maximum Gasteiger partial charge on any atom is 0.335 e. The molecule has 1 aromatic heterocycles. The lowest BCUT2D eigenvalue weighted by molar-refractivity contribution is -0.165. The number of fused-ring (bicyclic) bond motifs is 1. The lowest BCUT2D eigenvalue weighted by atomic mass is 10.1. The molecule has 11 nitrogen and oxygen atoms in total. The van der Waals surface area contributed by atoms with Gasteiger partial charge in [0.15, 0.2) is 12.2 Å². The van der Waals surface area contributed by atoms with Crippen molar-refractivity contribution in [1.82, 2.24) is 15.2 Å². The fourth-order valence-electron chi connectivity index (χ4n) is 2.93. The molecule has 0 radical (unpaired) electrons. The van der Waals surface area contributed by atoms with Crippen LogP contribution in [0.1, 0.15) is 22.2 Å². The average molecular weight is 446 g/mol. The van der Waals surface area contributed by atoms with Crippen LogP contribution in [0.2, 0.25) is 0 Å². The van der Waals surface area contributed by atoms with Gasteiger partial charge in [-0.3, -0.25) is 9.78 Å². The first-order valence-corrected chi connectivity index (χ1v) is 9.67. The van der Waals surface area contributed by atoms with Crippen LogP contribution in [0.4, 0.5) is 5.69 Å². The molecule has 3 rings (SSSR count). The number of amides is 1. The number of nitrogens with one attached hydrogen (secondary N) is 1. The Morgan fingerprint density at radius 1 is 1.06 bits per heavy atom. The lowest BCUT2D eigenvalue weighted by Gasteiger charge is -2.39. The number of aliphatic carboxylic acids is 2. The molecule has 5 N–H and O–H groups in total. The highest BCUT2D eigenvalue weighted by atomic mass is 16.4. The van der Waals surface area contributed by atoms with E-state index in [0.717, 1.165) is 24.5 Å². The quantitative estimate of drug-likeness (QED) is 0.384. The van der Waals surface area contributed by atoms with Crippen molar-refractivity contribution in [3.63, 3.8) is 0 Å². The van der Waals surface area contributed by atoms with Gasteiger partial charge in [0.2, 0.25) is 0 Å². The normalized spacial score (nSPS) is 16.8. The molecule has 172 valence electrons. The van der Waals surface area contributed by atoms with E-state index in [-0.39, 0.29) is 12.1 Å². The van der Waals surface area contributed by atoms with Crippen LogP contribution in [0.25, 0.3) is 0 Å². The first-order chi connectivity index (χ1) is 15.1. The molecule has 0 spiro atoms. The van der Waals surface area contributed by atoms with E-state index in [2.05, 4.69) is 20.1 Å². The fraction of sp³-hybridized carbons (Fsp3) is 0.333. The number of aliphatic hydroxyl groups is 2. The smallest absolute Gasteiger partial charge is 0.335 e. The van der Waals surface area contributed by atoms with E-state index in [1.807, 2.05) is 56.6 Å². The average Bonchev–Trinajstić information content (AvgIpc) is 2.78. The summed E-state index contributed by atoms with van der Waals surface area (Å²) >= 11 is 0. The SMILES string of the molecule is CN(C)CCN1c2ccccc2C(=O)NC1c1ccccn1.O=C(O)C(O)C(O)C(=O)O. The molecule has 1 aromatic carbocycles. The molecular weight excluding hydrogens is 420 g/mol. The summed E-state index contributed by atoms with van der Waals surface area (Å²) in [5.41, 5.74) is 2.53. The summed E-state index contributed by atoms with van der Waals surface area (Å²) in [5.74, 6) is -3.59. The molecule has 11 heteroatoms. The minimum Gasteiger partial charge on any atom is -0.479 e. The zero-order valence-corrected chi connectivity index (χ0v) is 17.6. The van der Waals surface area contributed by atoms with Crippen LogP contribution in [0.15, 0.2) is 48.7 Å². The van der Waals surface area contributed by atoms with Crippen molar-refractivity contribution < 1.29 is 34.8 Å². The molecule has 32 heavy (non-hydrogen) atoms. The van der Waals surface area contributed by atoms with E-state index >= 15 is 0 Å². The fourth-order valence-corrected chi connectivity index (χ4v) is 2.93. The topological polar surface area (TPSA) is 164 Å². The minimum atomic E-state index is -2.27. The second kappa shape index (κ2) is 11.2. The van der Waals surface area contributed by atoms with Crippen molar-refractivity contribution in [1.29, 1.82) is 0 Å². The number of carboxylic acid groups (broad SMARTS) is 2. The van der Waals surface area contributed by atoms with Gasteiger partial charge in [0.05, 0.1) is 16.9 Å². The van der Waals surface area contributed by atoms with Crippen molar-refractivity contribution in [2.24, 2.45) is 0 Å². The molecule has 1 aliphatic rings. The number of nitrogens with zero attached hydrogens (tertiary/aromatic N) is 3. The van der Waals surface area contributed by atoms with Gasteiger partial charge in [-0.1, -0.05) is 18.2 Å². The van der Waals surface area contributed by atoms with Crippen LogP contribution in [-0.2, 0) is 9.59 Å². The third kappa shape index (κ3) is 6.23. The Morgan fingerprint density at radius 3 is 2.19 bits per heavy atom. The molecule has 1 amide bonds. The van der Waals surface area contributed by atoms with Crippen LogP contribution in [0.5, 0.6) is 0 Å². The molecule has 2 aromatic rings. The van der Waals surface area contributed by atoms with Gasteiger partial charge in [0.1, 0.15) is 6.17 Å². The monoisotopic (exact) mass is 446 g/mol. The summed E-state index contributed by atoms with van der Waals surface area (Å²) in [6.07, 6.45) is -3.01. The number of aromatic nitrogens is 1. The molecule has 0 saturated heterocycles. The van der Waals surface area contributed by atoms with Crippen molar-refractivity contribution in [2.45, 2.75) is 18.4 Å². The number of benzene rings is 1. The molecule has 0 saturated carbocycles. The number of carbonyl (C=O) groups excluding carboxylic acids is 1. The maximum atomic E-state index is 12.4. The van der Waals surface area contributed by atoms with Crippen molar-refractivity contribution in [2.75, 3.05) is 32.1 Å². The summed E-state index contributed by atoms with van der Waals surface area (Å²) in [7, 11) is 4.09. The number of hydrogen-bond donors (Lipinski definition) is 5. The van der Waals surface area contributed by atoms with Crippen LogP contribution < -0.4 is 10.2 Å². The van der Waals surface area contributed by atoms with Gasteiger partial charge in [-0.25, -0.2) is 9.59 Å². The number of aliphatic hydroxyl groups excluding tert-OH is 2. The highest BCUT2D eigenvalue weighted by Gasteiger charge is 2.32. The van der Waals surface area contributed by atoms with Crippen LogP contribution in [-0.4, -0.2) is 87.5 Å². The Hall–Kier alpha value is -3.54. The predicted molar refractivity (Wildman–Crippen MR) is 114 cm³/mol. The van der Waals surface area contributed by atoms with Gasteiger partial charge >= 0.3 is 11.9 Å². The number of para-hydroxylation sites is 1. The number of anilines is 1. The zero-order chi connectivity index (χ0) is 23.8. The summed E-state index contributed by atoms with van der Waals surface area (Å²) in [4.78, 5) is 40.7. The van der Waals surface area contributed by atoms with Crippen molar-refractivity contribution in [3.8, 4) is 0 Å². The second-order valence-electron chi connectivity index (χ2n) is 7.21. The van der Waals surface area contributed by atoms with Gasteiger partial charge in [-0.2, -0.15) is 0 Å². The Labute approximate surface area is 184 Å². The first-order valence-electron chi connectivity index (χ1n) is 9.67. The van der Waals surface area contributed by atoms with E-state index in [0.29, 0.717) is 5.56 Å². The van der Waals surface area contributed by atoms with Crippen LogP contribution in [0.3, 0.4) is 0 Å². The van der Waals surface area contributed by atoms with Gasteiger partial charge in [0.25, 0.3) is 5.91 Å². The molecule has 2 heterocycles. The number of pyridine rings is 1. The first kappa shape index (κ1) is 24.7. The lowest BCUT2D eigenvalue weighted by Crippen LogP contribution is -2.48. The van der Waals surface area contributed by atoms with E-state index in [1.165, 1.54) is 0 Å². The Kier molecular flexibility index (Phi) is 8.64. The number of likely N-dealkylation sites (N-methyl/N-ethyl adjacent to an activating group) is 1. The maximum absolute atomic E-state index is 12.4. The third-order valence-electron chi connectivity index (χ3n) is 4.60. The van der Waals surface area contributed by atoms with E-state index < -0.39 is 24.1 Å². The Balaban J connectivity index is 0.000000309. The number of carbonyl (C=O) groups is 3. The van der Waals surface area contributed by atoms with Gasteiger partial charge in [-0.05, 0) is 38.4 Å². The van der Waals surface area contributed by atoms with Gasteiger partial charge in [-0.15, -0.1) is 0 Å². The van der Waals surface area contributed by atoms with E-state index in [1.54, 1.807) is 6.20 Å². The Morgan fingerprint density at radius 2 is 1.66 bits per heavy atom. The summed E-state index contributed by atoms with van der Waals surface area (Å²) in [6, 6.07) is 13.5. The molecule has 1 aliphatic heterocycles. The summed E-state index contributed by atoms with van der Waals surface area (Å²) < 4.78 is 0. The molecule has 0 fully saturated rings. The highest BCUT2D eigenvalue weighted by Crippen LogP contribution is 2.31. The number of rotatable bonds is 7. The standard InChI is InChI=1S/C17H20N4O.C4H6O6/c1-20(2)11-12-21-15-9-4-3-7-13(15)17(22)19-16(21)14-8-5-6-10-18-14;5-1(3(7)8)2(6)4(9)10/h3-10,16H,11-12H2,1-2H3,(H,19,22);1-2,5-6H,(H,7,8)(H,9,10). The molecule has 3 unspecified atom stereocenters. The largest absolute Gasteiger partial charge is 0.479 e. The summed E-state index contributed by atoms with van der Waals surface area (Å²) in [6.45, 7) is 1.71. The number of hydrogen-bond acceptors (Lipinski definition) is 8. The second-order valence-corrected chi connectivity index (χ2v) is 7.21.